The van der Waals surface area contributed by atoms with E-state index in [0.29, 0.717) is 31.7 Å². The van der Waals surface area contributed by atoms with Crippen molar-refractivity contribution in [3.8, 4) is 0 Å². The van der Waals surface area contributed by atoms with E-state index >= 15 is 0 Å². The molecule has 0 bridgehead atoms. The molecule has 25 heavy (non-hydrogen) atoms. The number of nitrogens with zero attached hydrogens (tertiary/aromatic N) is 2. The third-order valence-electron chi connectivity index (χ3n) is 4.66. The number of hydrogen-bond acceptors (Lipinski definition) is 3. The van der Waals surface area contributed by atoms with Crippen LogP contribution in [0.4, 0.5) is 19.0 Å². The van der Waals surface area contributed by atoms with Gasteiger partial charge in [-0.15, -0.1) is 0 Å². The van der Waals surface area contributed by atoms with E-state index in [1.807, 2.05) is 25.7 Å². The SMILES string of the molecule is CCC(C)(C)NC(=O)C1CCN(c2ncc(C(F)(F)F)cc2Cl)CC1. The van der Waals surface area contributed by atoms with E-state index in [9.17, 15) is 18.0 Å². The lowest BCUT2D eigenvalue weighted by molar-refractivity contribution is -0.137. The van der Waals surface area contributed by atoms with Crippen LogP contribution in [0.3, 0.4) is 0 Å². The minimum Gasteiger partial charge on any atom is -0.355 e. The molecule has 8 heteroatoms. The molecular weight excluding hydrogens is 355 g/mol. The molecule has 0 spiro atoms. The van der Waals surface area contributed by atoms with Gasteiger partial charge in [0, 0.05) is 30.7 Å². The summed E-state index contributed by atoms with van der Waals surface area (Å²) >= 11 is 5.99. The monoisotopic (exact) mass is 377 g/mol. The highest BCUT2D eigenvalue weighted by atomic mass is 35.5. The molecule has 0 aromatic carbocycles. The van der Waals surface area contributed by atoms with Crippen molar-refractivity contribution in [2.75, 3.05) is 18.0 Å². The first-order chi connectivity index (χ1) is 11.5. The number of piperidine rings is 1. The summed E-state index contributed by atoms with van der Waals surface area (Å²) in [6, 6.07) is 0.895. The number of carbonyl (C=O) groups excluding carboxylic acids is 1. The minimum atomic E-state index is -4.47. The number of hydrogen-bond donors (Lipinski definition) is 1. The van der Waals surface area contributed by atoms with Crippen molar-refractivity contribution >= 4 is 23.3 Å². The molecule has 0 unspecified atom stereocenters. The van der Waals surface area contributed by atoms with Crippen LogP contribution in [0.1, 0.15) is 45.6 Å². The summed E-state index contributed by atoms with van der Waals surface area (Å²) in [4.78, 5) is 18.1. The number of alkyl halides is 3. The fourth-order valence-corrected chi connectivity index (χ4v) is 2.98. The maximum atomic E-state index is 12.7. The van der Waals surface area contributed by atoms with Gasteiger partial charge in [0.2, 0.25) is 5.91 Å². The van der Waals surface area contributed by atoms with Crippen LogP contribution in [0.15, 0.2) is 12.3 Å². The van der Waals surface area contributed by atoms with Crippen molar-refractivity contribution in [2.24, 2.45) is 5.92 Å². The van der Waals surface area contributed by atoms with Crippen molar-refractivity contribution in [3.05, 3.63) is 22.8 Å². The molecule has 140 valence electrons. The van der Waals surface area contributed by atoms with Gasteiger partial charge in [0.1, 0.15) is 5.82 Å². The second-order valence-corrected chi connectivity index (χ2v) is 7.42. The van der Waals surface area contributed by atoms with Crippen molar-refractivity contribution in [2.45, 2.75) is 51.7 Å². The number of nitrogens with one attached hydrogen (secondary N) is 1. The van der Waals surface area contributed by atoms with Crippen LogP contribution in [-0.2, 0) is 11.0 Å². The second-order valence-electron chi connectivity index (χ2n) is 7.02. The lowest BCUT2D eigenvalue weighted by Gasteiger charge is -2.34. The molecular formula is C17H23ClF3N3O. The maximum absolute atomic E-state index is 12.7. The van der Waals surface area contributed by atoms with Crippen LogP contribution < -0.4 is 10.2 Å². The highest BCUT2D eigenvalue weighted by Crippen LogP contribution is 2.34. The molecule has 0 aliphatic carbocycles. The Hall–Kier alpha value is -1.50. The Bertz CT molecular complexity index is 626. The van der Waals surface area contributed by atoms with E-state index in [1.165, 1.54) is 0 Å². The number of pyridine rings is 1. The molecule has 0 saturated carbocycles. The first-order valence-electron chi connectivity index (χ1n) is 8.33. The van der Waals surface area contributed by atoms with E-state index in [-0.39, 0.29) is 22.4 Å². The van der Waals surface area contributed by atoms with E-state index in [1.54, 1.807) is 0 Å². The maximum Gasteiger partial charge on any atom is 0.417 e. The van der Waals surface area contributed by atoms with E-state index in [4.69, 9.17) is 11.6 Å². The van der Waals surface area contributed by atoms with Gasteiger partial charge in [0.25, 0.3) is 0 Å². The quantitative estimate of drug-likeness (QED) is 0.852. The number of amides is 1. The number of rotatable bonds is 4. The molecule has 1 aromatic rings. The van der Waals surface area contributed by atoms with Crippen LogP contribution in [0, 0.1) is 5.92 Å². The highest BCUT2D eigenvalue weighted by Gasteiger charge is 2.33. The topological polar surface area (TPSA) is 45.2 Å². The lowest BCUT2D eigenvalue weighted by Crippen LogP contribution is -2.48. The standard InChI is InChI=1S/C17H23ClF3N3O/c1-4-16(2,3)23-15(25)11-5-7-24(8-6-11)14-13(18)9-12(10-22-14)17(19,20)21/h9-11H,4-8H2,1-3H3,(H,23,25). The fraction of sp³-hybridized carbons (Fsp3) is 0.647. The summed E-state index contributed by atoms with van der Waals surface area (Å²) in [5.41, 5.74) is -1.11. The Labute approximate surface area is 150 Å². The van der Waals surface area contributed by atoms with Gasteiger partial charge >= 0.3 is 6.18 Å². The average Bonchev–Trinajstić information content (AvgIpc) is 2.53. The molecule has 1 fully saturated rings. The normalized spacial score (nSPS) is 16.8. The van der Waals surface area contributed by atoms with Gasteiger partial charge in [-0.2, -0.15) is 13.2 Å². The number of aromatic nitrogens is 1. The number of anilines is 1. The van der Waals surface area contributed by atoms with Crippen molar-refractivity contribution in [3.63, 3.8) is 0 Å². The van der Waals surface area contributed by atoms with Gasteiger partial charge in [-0.05, 0) is 39.2 Å². The summed E-state index contributed by atoms with van der Waals surface area (Å²) in [7, 11) is 0. The fourth-order valence-electron chi connectivity index (χ4n) is 2.70. The molecule has 0 atom stereocenters. The Kier molecular flexibility index (Phi) is 5.86. The molecule has 0 radical (unpaired) electrons. The zero-order chi connectivity index (χ0) is 18.8. The first kappa shape index (κ1) is 19.8. The molecule has 1 amide bonds. The van der Waals surface area contributed by atoms with Gasteiger partial charge in [-0.1, -0.05) is 18.5 Å². The molecule has 4 nitrogen and oxygen atoms in total. The van der Waals surface area contributed by atoms with Crippen LogP contribution in [0.2, 0.25) is 5.02 Å². The van der Waals surface area contributed by atoms with Gasteiger partial charge < -0.3 is 10.2 Å². The molecule has 1 saturated heterocycles. The van der Waals surface area contributed by atoms with Crippen molar-refractivity contribution < 1.29 is 18.0 Å². The van der Waals surface area contributed by atoms with Gasteiger partial charge in [0.05, 0.1) is 10.6 Å². The second kappa shape index (κ2) is 7.40. The zero-order valence-corrected chi connectivity index (χ0v) is 15.3. The van der Waals surface area contributed by atoms with Crippen LogP contribution in [0.25, 0.3) is 0 Å². The third kappa shape index (κ3) is 5.00. The third-order valence-corrected chi connectivity index (χ3v) is 4.94. The molecule has 1 aliphatic rings. The number of halogens is 4. The van der Waals surface area contributed by atoms with E-state index in [2.05, 4.69) is 10.3 Å². The van der Waals surface area contributed by atoms with Crippen molar-refractivity contribution in [1.29, 1.82) is 0 Å². The predicted molar refractivity (Wildman–Crippen MR) is 91.7 cm³/mol. The van der Waals surface area contributed by atoms with E-state index < -0.39 is 11.7 Å². The van der Waals surface area contributed by atoms with E-state index in [0.717, 1.165) is 18.7 Å². The molecule has 1 N–H and O–H groups in total. The molecule has 1 aromatic heterocycles. The zero-order valence-electron chi connectivity index (χ0n) is 14.6. The highest BCUT2D eigenvalue weighted by molar-refractivity contribution is 6.33. The van der Waals surface area contributed by atoms with Crippen LogP contribution >= 0.6 is 11.6 Å². The van der Waals surface area contributed by atoms with Gasteiger partial charge in [-0.25, -0.2) is 4.98 Å². The van der Waals surface area contributed by atoms with Crippen LogP contribution in [-0.4, -0.2) is 29.5 Å². The first-order valence-corrected chi connectivity index (χ1v) is 8.71. The molecule has 1 aliphatic heterocycles. The lowest BCUT2D eigenvalue weighted by atomic mass is 9.93. The van der Waals surface area contributed by atoms with Crippen LogP contribution in [0.5, 0.6) is 0 Å². The average molecular weight is 378 g/mol. The Balaban J connectivity index is 1.99. The van der Waals surface area contributed by atoms with Gasteiger partial charge in [0.15, 0.2) is 0 Å². The Morgan fingerprint density at radius 2 is 1.96 bits per heavy atom. The largest absolute Gasteiger partial charge is 0.417 e. The Morgan fingerprint density at radius 3 is 2.44 bits per heavy atom. The van der Waals surface area contributed by atoms with Crippen molar-refractivity contribution in [1.82, 2.24) is 10.3 Å². The predicted octanol–water partition coefficient (Wildman–Crippen LogP) is 4.28. The molecule has 2 rings (SSSR count). The van der Waals surface area contributed by atoms with Gasteiger partial charge in [-0.3, -0.25) is 4.79 Å². The minimum absolute atomic E-state index is 0.0233. The number of carbonyl (C=O) groups is 1. The Morgan fingerprint density at radius 1 is 1.36 bits per heavy atom. The summed E-state index contributed by atoms with van der Waals surface area (Å²) in [5.74, 6) is 0.260. The smallest absolute Gasteiger partial charge is 0.355 e. The molecule has 2 heterocycles. The summed E-state index contributed by atoms with van der Waals surface area (Å²) in [6.07, 6.45) is -1.60. The summed E-state index contributed by atoms with van der Waals surface area (Å²) in [6.45, 7) is 7.03. The summed E-state index contributed by atoms with van der Waals surface area (Å²) in [5, 5.41) is 3.02. The summed E-state index contributed by atoms with van der Waals surface area (Å²) < 4.78 is 38.1.